The Bertz CT molecular complexity index is 1100. The van der Waals surface area contributed by atoms with Crippen LogP contribution in [-0.4, -0.2) is 55.3 Å². The minimum Gasteiger partial charge on any atom is -0.356 e. The number of hydrogen-bond acceptors (Lipinski definition) is 6. The Morgan fingerprint density at radius 3 is 2.81 bits per heavy atom. The number of anilines is 1. The van der Waals surface area contributed by atoms with Crippen molar-refractivity contribution in [1.82, 2.24) is 19.9 Å². The quantitative estimate of drug-likeness (QED) is 0.570. The van der Waals surface area contributed by atoms with E-state index in [0.717, 1.165) is 54.5 Å². The molecule has 0 amide bonds. The lowest BCUT2D eigenvalue weighted by atomic mass is 9.86. The van der Waals surface area contributed by atoms with Gasteiger partial charge in [0.2, 0.25) is 0 Å². The van der Waals surface area contributed by atoms with Crippen LogP contribution >= 0.6 is 0 Å². The Labute approximate surface area is 184 Å². The molecule has 166 valence electrons. The molecule has 0 aliphatic heterocycles. The van der Waals surface area contributed by atoms with Crippen molar-refractivity contribution in [3.05, 3.63) is 48.7 Å². The van der Waals surface area contributed by atoms with Gasteiger partial charge in [0.1, 0.15) is 17.8 Å². The zero-order chi connectivity index (χ0) is 21.7. The molecule has 3 aromatic heterocycles. The molecule has 31 heavy (non-hydrogen) atoms. The number of nitrogens with one attached hydrogen (secondary N) is 1. The maximum Gasteiger partial charge on any atom is 0.142 e. The van der Waals surface area contributed by atoms with E-state index in [9.17, 15) is 4.21 Å². The van der Waals surface area contributed by atoms with Gasteiger partial charge in [0, 0.05) is 59.5 Å². The van der Waals surface area contributed by atoms with E-state index in [1.54, 1.807) is 12.5 Å². The van der Waals surface area contributed by atoms with E-state index in [1.807, 2.05) is 31.5 Å². The molecule has 1 atom stereocenters. The predicted molar refractivity (Wildman–Crippen MR) is 127 cm³/mol. The standard InChI is InChI=1S/C23H32N6OS/c1-3-28-31(30,14-11-18-5-4-12-24-15-18)16-19-6-8-20(9-7-19)29(2)23-21-10-13-25-22(21)26-17-27-23/h4-5,10,12-13,15,17,19-20H,3,6-9,11,14,16H2,1-2H3,(H,25,26,27). The molecule has 1 fully saturated rings. The highest BCUT2D eigenvalue weighted by Crippen LogP contribution is 2.32. The minimum absolute atomic E-state index is 0.443. The summed E-state index contributed by atoms with van der Waals surface area (Å²) in [5.41, 5.74) is 2.01. The fraction of sp³-hybridized carbons (Fsp3) is 0.522. The molecule has 3 aromatic rings. The van der Waals surface area contributed by atoms with Gasteiger partial charge in [0.05, 0.1) is 5.39 Å². The van der Waals surface area contributed by atoms with Gasteiger partial charge in [0.15, 0.2) is 0 Å². The van der Waals surface area contributed by atoms with Crippen LogP contribution in [0.5, 0.6) is 0 Å². The highest BCUT2D eigenvalue weighted by Gasteiger charge is 2.28. The van der Waals surface area contributed by atoms with Crippen molar-refractivity contribution in [1.29, 1.82) is 0 Å². The molecule has 1 N–H and O–H groups in total. The third-order valence-corrected chi connectivity index (χ3v) is 8.89. The van der Waals surface area contributed by atoms with Crippen molar-refractivity contribution in [2.45, 2.75) is 45.1 Å². The fourth-order valence-electron chi connectivity index (χ4n) is 4.64. The number of pyridine rings is 1. The Kier molecular flexibility index (Phi) is 6.85. The maximum atomic E-state index is 13.6. The van der Waals surface area contributed by atoms with Gasteiger partial charge >= 0.3 is 0 Å². The summed E-state index contributed by atoms with van der Waals surface area (Å²) in [6, 6.07) is 6.47. The normalized spacial score (nSPS) is 21.0. The predicted octanol–water partition coefficient (Wildman–Crippen LogP) is 4.08. The highest BCUT2D eigenvalue weighted by molar-refractivity contribution is 7.93. The summed E-state index contributed by atoms with van der Waals surface area (Å²) in [5.74, 6) is 2.79. The fourth-order valence-corrected chi connectivity index (χ4v) is 7.14. The summed E-state index contributed by atoms with van der Waals surface area (Å²) in [6.45, 7) is 2.60. The third kappa shape index (κ3) is 5.23. The van der Waals surface area contributed by atoms with Crippen molar-refractivity contribution in [2.75, 3.05) is 30.0 Å². The van der Waals surface area contributed by atoms with Gasteiger partial charge in [-0.1, -0.05) is 6.07 Å². The second-order valence-corrected chi connectivity index (χ2v) is 11.0. The third-order valence-electron chi connectivity index (χ3n) is 6.32. The van der Waals surface area contributed by atoms with Crippen LogP contribution in [0.1, 0.15) is 38.2 Å². The molecule has 0 radical (unpaired) electrons. The maximum absolute atomic E-state index is 13.6. The first-order valence-electron chi connectivity index (χ1n) is 11.2. The van der Waals surface area contributed by atoms with Crippen molar-refractivity contribution in [3.63, 3.8) is 0 Å². The lowest BCUT2D eigenvalue weighted by Gasteiger charge is -2.35. The largest absolute Gasteiger partial charge is 0.356 e. The van der Waals surface area contributed by atoms with Crippen molar-refractivity contribution in [2.24, 2.45) is 10.3 Å². The van der Waals surface area contributed by atoms with Gasteiger partial charge in [-0.3, -0.25) is 4.98 Å². The van der Waals surface area contributed by atoms with E-state index in [-0.39, 0.29) is 0 Å². The van der Waals surface area contributed by atoms with Crippen LogP contribution in [0.25, 0.3) is 11.0 Å². The summed E-state index contributed by atoms with van der Waals surface area (Å²) in [4.78, 5) is 18.5. The van der Waals surface area contributed by atoms with Gasteiger partial charge in [0.25, 0.3) is 0 Å². The minimum atomic E-state index is -2.19. The van der Waals surface area contributed by atoms with Crippen LogP contribution in [0.3, 0.4) is 0 Å². The van der Waals surface area contributed by atoms with Crippen LogP contribution in [-0.2, 0) is 16.1 Å². The number of rotatable bonds is 8. The molecule has 1 aliphatic carbocycles. The molecule has 0 spiro atoms. The first kappa shape index (κ1) is 21.7. The number of fused-ring (bicyclic) bond motifs is 1. The lowest BCUT2D eigenvalue weighted by molar-refractivity contribution is 0.342. The van der Waals surface area contributed by atoms with Gasteiger partial charge in [-0.25, -0.2) is 18.5 Å². The van der Waals surface area contributed by atoms with E-state index >= 15 is 0 Å². The van der Waals surface area contributed by atoms with Gasteiger partial charge < -0.3 is 9.88 Å². The SMILES string of the molecule is CCN=S(=O)(CCc1cccnc1)CC1CCC(N(C)c2ncnc3[nH]ccc23)CC1. The van der Waals surface area contributed by atoms with Crippen LogP contribution in [0.4, 0.5) is 5.82 Å². The van der Waals surface area contributed by atoms with Crippen molar-refractivity contribution >= 4 is 26.6 Å². The van der Waals surface area contributed by atoms with Gasteiger partial charge in [-0.2, -0.15) is 0 Å². The van der Waals surface area contributed by atoms with Crippen molar-refractivity contribution in [3.8, 4) is 0 Å². The summed E-state index contributed by atoms with van der Waals surface area (Å²) in [6.07, 6.45) is 12.3. The number of nitrogens with zero attached hydrogens (tertiary/aromatic N) is 5. The summed E-state index contributed by atoms with van der Waals surface area (Å²) in [7, 11) is -0.0610. The van der Waals surface area contributed by atoms with Crippen molar-refractivity contribution < 1.29 is 4.21 Å². The van der Waals surface area contributed by atoms with Crippen LogP contribution in [0.15, 0.2) is 47.5 Å². The molecular weight excluding hydrogens is 408 g/mol. The zero-order valence-electron chi connectivity index (χ0n) is 18.4. The average Bonchev–Trinajstić information content (AvgIpc) is 3.28. The summed E-state index contributed by atoms with van der Waals surface area (Å²) < 4.78 is 18.1. The molecule has 1 unspecified atom stereocenters. The molecule has 3 heterocycles. The smallest absolute Gasteiger partial charge is 0.142 e. The Morgan fingerprint density at radius 2 is 2.06 bits per heavy atom. The molecule has 4 rings (SSSR count). The lowest BCUT2D eigenvalue weighted by Crippen LogP contribution is -2.37. The molecule has 8 heteroatoms. The second kappa shape index (κ2) is 9.77. The molecule has 7 nitrogen and oxygen atoms in total. The number of aryl methyl sites for hydroxylation is 1. The zero-order valence-corrected chi connectivity index (χ0v) is 19.2. The van der Waals surface area contributed by atoms with Crippen LogP contribution < -0.4 is 4.90 Å². The second-order valence-electron chi connectivity index (χ2n) is 8.42. The molecule has 0 bridgehead atoms. The molecule has 0 saturated heterocycles. The summed E-state index contributed by atoms with van der Waals surface area (Å²) in [5, 5.41) is 1.06. The Morgan fingerprint density at radius 1 is 1.23 bits per heavy atom. The van der Waals surface area contributed by atoms with Gasteiger partial charge in [-0.05, 0) is 62.6 Å². The topological polar surface area (TPSA) is 87.1 Å². The average molecular weight is 441 g/mol. The monoisotopic (exact) mass is 440 g/mol. The summed E-state index contributed by atoms with van der Waals surface area (Å²) >= 11 is 0. The van der Waals surface area contributed by atoms with E-state index in [4.69, 9.17) is 0 Å². The van der Waals surface area contributed by atoms with E-state index in [2.05, 4.69) is 42.3 Å². The van der Waals surface area contributed by atoms with Crippen LogP contribution in [0.2, 0.25) is 0 Å². The van der Waals surface area contributed by atoms with E-state index in [0.29, 0.717) is 30.0 Å². The first-order chi connectivity index (χ1) is 15.1. The van der Waals surface area contributed by atoms with Gasteiger partial charge in [-0.15, -0.1) is 0 Å². The van der Waals surface area contributed by atoms with E-state index in [1.165, 1.54) is 0 Å². The Balaban J connectivity index is 1.36. The number of hydrogen-bond donors (Lipinski definition) is 1. The molecule has 1 saturated carbocycles. The Hall–Kier alpha value is -2.48. The first-order valence-corrected chi connectivity index (χ1v) is 13.0. The number of aromatic nitrogens is 4. The molecular formula is C23H32N6OS. The molecule has 1 aliphatic rings. The highest BCUT2D eigenvalue weighted by atomic mass is 32.2. The number of aromatic amines is 1. The van der Waals surface area contributed by atoms with E-state index < -0.39 is 9.73 Å². The number of H-pyrrole nitrogens is 1. The molecule has 0 aromatic carbocycles. The van der Waals surface area contributed by atoms with Crippen LogP contribution in [0, 0.1) is 5.92 Å².